The fourth-order valence-electron chi connectivity index (χ4n) is 4.57. The summed E-state index contributed by atoms with van der Waals surface area (Å²) in [6.07, 6.45) is 1.07. The van der Waals surface area contributed by atoms with Crippen LogP contribution in [-0.2, 0) is 54.8 Å². The van der Waals surface area contributed by atoms with E-state index in [2.05, 4.69) is 39.9 Å². The first-order valence-corrected chi connectivity index (χ1v) is 16.8. The third-order valence-electron chi connectivity index (χ3n) is 6.41. The number of thiol groups is 3. The molecule has 4 heterocycles. The number of carbonyl (C=O) groups excluding carboxylic acids is 2. The number of benzene rings is 2. The Morgan fingerprint density at radius 1 is 1.10 bits per heavy atom. The number of methoxy groups -OCH3 is 1. The summed E-state index contributed by atoms with van der Waals surface area (Å²) in [6, 6.07) is 7.28. The average Bonchev–Trinajstić information content (AvgIpc) is 3.48. The Balaban J connectivity index is 0.000000245. The van der Waals surface area contributed by atoms with Crippen molar-refractivity contribution in [3.05, 3.63) is 53.1 Å². The van der Waals surface area contributed by atoms with Gasteiger partial charge in [-0.05, 0) is 71.3 Å². The van der Waals surface area contributed by atoms with Crippen molar-refractivity contribution in [2.45, 2.75) is 6.04 Å². The van der Waals surface area contributed by atoms with Gasteiger partial charge in [0, 0.05) is 5.39 Å². The van der Waals surface area contributed by atoms with Gasteiger partial charge in [-0.1, -0.05) is 6.07 Å². The first-order chi connectivity index (χ1) is 19.4. The van der Waals surface area contributed by atoms with Crippen LogP contribution >= 0.6 is 12.2 Å². The Hall–Kier alpha value is -1.96. The smallest absolute Gasteiger partial charge is 0.696 e. The molecule has 0 unspecified atom stereocenters. The number of pyridine rings is 1. The van der Waals surface area contributed by atoms with Crippen molar-refractivity contribution in [2.75, 3.05) is 48.7 Å². The quantitative estimate of drug-likeness (QED) is 0.108. The molecule has 0 bridgehead atoms. The molecule has 6 rings (SSSR count). The van der Waals surface area contributed by atoms with Gasteiger partial charge in [0.2, 0.25) is 0 Å². The SMILES string of the molecule is CNC1C[SH+]CC[SH+]CC[SH+]C1.COc1ccc2[n-]c3c4ncc(F)cc4c4c(c3c2c1)C(=O)NC4=O.[NH-]C=S.[Ru+2]. The van der Waals surface area contributed by atoms with Crippen molar-refractivity contribution >= 4 is 97.5 Å². The summed E-state index contributed by atoms with van der Waals surface area (Å²) in [7, 11) is 3.64. The summed E-state index contributed by atoms with van der Waals surface area (Å²) < 4.78 is 19.0. The van der Waals surface area contributed by atoms with Crippen LogP contribution in [0.5, 0.6) is 5.75 Å². The number of thiocarbonyl (C=S) groups is 1. The summed E-state index contributed by atoms with van der Waals surface area (Å²) in [5, 5.41) is 7.17. The van der Waals surface area contributed by atoms with Crippen LogP contribution in [0.25, 0.3) is 38.4 Å². The second kappa shape index (κ2) is 16.0. The molecule has 3 N–H and O–H groups in total. The number of rotatable bonds is 2. The van der Waals surface area contributed by atoms with E-state index in [-0.39, 0.29) is 36.0 Å². The van der Waals surface area contributed by atoms with Crippen molar-refractivity contribution in [1.82, 2.24) is 20.6 Å². The fourth-order valence-corrected chi connectivity index (χ4v) is 8.87. The van der Waals surface area contributed by atoms with E-state index >= 15 is 0 Å². The van der Waals surface area contributed by atoms with E-state index in [9.17, 15) is 14.0 Å². The van der Waals surface area contributed by atoms with Crippen LogP contribution in [0.2, 0.25) is 0 Å². The second-order valence-corrected chi connectivity index (χ2v) is 12.9. The van der Waals surface area contributed by atoms with Gasteiger partial charge in [0.15, 0.2) is 0 Å². The summed E-state index contributed by atoms with van der Waals surface area (Å²) in [5.41, 5.74) is 8.56. The van der Waals surface area contributed by atoms with E-state index < -0.39 is 17.6 Å². The largest absolute Gasteiger partial charge is 2.00 e. The van der Waals surface area contributed by atoms with E-state index in [0.29, 0.717) is 33.1 Å². The maximum atomic E-state index is 13.7. The average molecular weight is 722 g/mol. The maximum absolute atomic E-state index is 13.7. The molecule has 0 saturated carbocycles. The molecule has 4 aromatic rings. The van der Waals surface area contributed by atoms with Crippen LogP contribution in [0.1, 0.15) is 20.7 Å². The van der Waals surface area contributed by atoms with Crippen LogP contribution in [0.15, 0.2) is 30.5 Å². The minimum Gasteiger partial charge on any atom is -0.696 e. The summed E-state index contributed by atoms with van der Waals surface area (Å²) >= 11 is 8.93. The summed E-state index contributed by atoms with van der Waals surface area (Å²) in [5.74, 6) is 7.34. The normalized spacial score (nSPS) is 15.6. The summed E-state index contributed by atoms with van der Waals surface area (Å²) in [6.45, 7) is 0. The van der Waals surface area contributed by atoms with E-state index in [1.165, 1.54) is 40.6 Å². The van der Waals surface area contributed by atoms with Crippen molar-refractivity contribution in [3.63, 3.8) is 0 Å². The zero-order valence-corrected chi connectivity index (χ0v) is 27.6. The van der Waals surface area contributed by atoms with E-state index in [1.54, 1.807) is 60.6 Å². The molecule has 1 fully saturated rings. The van der Waals surface area contributed by atoms with Gasteiger partial charge in [-0.15, -0.1) is 28.7 Å². The Kier molecular flexibility index (Phi) is 13.1. The number of ether oxygens (including phenoxy) is 1. The molecule has 2 aromatic heterocycles. The predicted octanol–water partition coefficient (Wildman–Crippen LogP) is 2.56. The number of aromatic nitrogens is 2. The van der Waals surface area contributed by atoms with Gasteiger partial charge in [-0.2, -0.15) is 0 Å². The molecule has 2 aromatic carbocycles. The molecular formula is C27H31FN5O3RuS4+3. The van der Waals surface area contributed by atoms with Crippen molar-refractivity contribution in [3.8, 4) is 5.75 Å². The molecule has 2 aliphatic rings. The van der Waals surface area contributed by atoms with Crippen LogP contribution in [0, 0.1) is 5.82 Å². The molecule has 14 heteroatoms. The first kappa shape index (κ1) is 33.5. The molecule has 2 aliphatic heterocycles. The van der Waals surface area contributed by atoms with Gasteiger partial charge < -0.3 is 20.8 Å². The van der Waals surface area contributed by atoms with Gasteiger partial charge in [0.05, 0.1) is 36.0 Å². The molecule has 218 valence electrons. The van der Waals surface area contributed by atoms with Gasteiger partial charge in [-0.25, -0.2) is 4.39 Å². The van der Waals surface area contributed by atoms with Crippen molar-refractivity contribution in [2.24, 2.45) is 0 Å². The Labute approximate surface area is 268 Å². The Morgan fingerprint density at radius 2 is 1.73 bits per heavy atom. The monoisotopic (exact) mass is 722 g/mol. The van der Waals surface area contributed by atoms with Gasteiger partial charge in [0.25, 0.3) is 11.8 Å². The second-order valence-electron chi connectivity index (χ2n) is 8.84. The zero-order valence-electron chi connectivity index (χ0n) is 22.4. The number of fused-ring (bicyclic) bond motifs is 8. The number of halogens is 1. The molecule has 0 atom stereocenters. The van der Waals surface area contributed by atoms with Gasteiger partial charge >= 0.3 is 19.5 Å². The topological polar surface area (TPSA) is 118 Å². The number of imide groups is 1. The summed E-state index contributed by atoms with van der Waals surface area (Å²) in [4.78, 5) is 33.4. The number of carbonyl (C=O) groups is 2. The minimum atomic E-state index is -0.584. The predicted molar refractivity (Wildman–Crippen MR) is 175 cm³/mol. The molecule has 0 spiro atoms. The van der Waals surface area contributed by atoms with Crippen LogP contribution < -0.4 is 20.4 Å². The number of hydrogen-bond acceptors (Lipinski definition) is 6. The van der Waals surface area contributed by atoms with Crippen molar-refractivity contribution < 1.29 is 38.2 Å². The van der Waals surface area contributed by atoms with Crippen molar-refractivity contribution in [1.29, 1.82) is 0 Å². The maximum Gasteiger partial charge on any atom is 2.00 e. The molecule has 0 radical (unpaired) electrons. The molecular weight excluding hydrogens is 691 g/mol. The minimum absolute atomic E-state index is 0. The first-order valence-electron chi connectivity index (χ1n) is 12.5. The molecule has 0 aliphatic carbocycles. The fraction of sp³-hybridized carbons (Fsp3) is 0.333. The third kappa shape index (κ3) is 7.71. The van der Waals surface area contributed by atoms with Crippen LogP contribution in [0.3, 0.4) is 0 Å². The van der Waals surface area contributed by atoms with Gasteiger partial charge in [0.1, 0.15) is 46.1 Å². The molecule has 2 amide bonds. The zero-order chi connectivity index (χ0) is 28.6. The van der Waals surface area contributed by atoms with Gasteiger partial charge in [-0.3, -0.25) is 19.9 Å². The Bertz CT molecular complexity index is 1540. The Morgan fingerprint density at radius 3 is 2.37 bits per heavy atom. The number of nitrogens with one attached hydrogen (secondary N) is 3. The number of hydrogen-bond donors (Lipinski definition) is 2. The molecule has 1 saturated heterocycles. The molecule has 41 heavy (non-hydrogen) atoms. The standard InChI is InChI=1S/C18H10FN3O3.C8H17NS3.CH3NS.Ru/c1-25-8-2-3-11-9(5-8)12-14-13(17(23)22-18(14)24)10-4-7(19)6-20-15(10)16(12)21-11;1-9-8-6-11-4-2-10-3-5-12-7-8;2-1-3;/h2-6H,1H3,(H2,20,21,22,23,24);8-9H,2-7H2,1H3;1H,(H2,2,3);/q;;;+2/p+1. The van der Waals surface area contributed by atoms with E-state index in [0.717, 1.165) is 17.7 Å². The van der Waals surface area contributed by atoms with Crippen LogP contribution in [0.4, 0.5) is 4.39 Å². The van der Waals surface area contributed by atoms with E-state index in [1.807, 2.05) is 0 Å². The van der Waals surface area contributed by atoms with E-state index in [4.69, 9.17) is 10.5 Å². The third-order valence-corrected chi connectivity index (χ3v) is 10.7. The number of nitrogens with zero attached hydrogens (tertiary/aromatic N) is 2. The molecule has 8 nitrogen and oxygen atoms in total. The van der Waals surface area contributed by atoms with Crippen LogP contribution in [-0.4, -0.2) is 77.0 Å². The number of amides is 2.